The number of ether oxygens (including phenoxy) is 1. The van der Waals surface area contributed by atoms with Gasteiger partial charge in [-0.2, -0.15) is 0 Å². The van der Waals surface area contributed by atoms with E-state index in [1.54, 1.807) is 4.90 Å². The molecule has 0 aromatic carbocycles. The minimum Gasteiger partial charge on any atom is -0.481 e. The molecule has 150 valence electrons. The summed E-state index contributed by atoms with van der Waals surface area (Å²) >= 11 is 0. The van der Waals surface area contributed by atoms with Gasteiger partial charge in [0.05, 0.1) is 39.0 Å². The molecule has 4 N–H and O–H groups in total. The molecule has 11 nitrogen and oxygen atoms in total. The van der Waals surface area contributed by atoms with Gasteiger partial charge in [-0.25, -0.2) is 0 Å². The zero-order valence-corrected chi connectivity index (χ0v) is 14.5. The fourth-order valence-corrected chi connectivity index (χ4v) is 2.05. The fourth-order valence-electron chi connectivity index (χ4n) is 2.05. The molecule has 0 spiro atoms. The Morgan fingerprint density at radius 2 is 0.962 bits per heavy atom. The molecule has 0 fully saturated rings. The topological polar surface area (TPSA) is 165 Å². The SMILES string of the molecule is O=C(O)CCN(CCOCCN(CCC(=O)O)CC(=O)O)CCC(=O)O. The minimum atomic E-state index is -1.07. The molecule has 0 saturated heterocycles. The Labute approximate surface area is 150 Å². The van der Waals surface area contributed by atoms with Crippen molar-refractivity contribution in [2.45, 2.75) is 19.3 Å². The molecule has 0 aliphatic rings. The Morgan fingerprint density at radius 3 is 1.35 bits per heavy atom. The van der Waals surface area contributed by atoms with Crippen LogP contribution < -0.4 is 0 Å². The number of aliphatic carboxylic acids is 4. The van der Waals surface area contributed by atoms with Crippen molar-refractivity contribution < 1.29 is 44.3 Å². The van der Waals surface area contributed by atoms with Gasteiger partial charge >= 0.3 is 23.9 Å². The van der Waals surface area contributed by atoms with Crippen LogP contribution in [0.25, 0.3) is 0 Å². The van der Waals surface area contributed by atoms with Gasteiger partial charge in [0.1, 0.15) is 0 Å². The van der Waals surface area contributed by atoms with Crippen molar-refractivity contribution in [2.24, 2.45) is 0 Å². The highest BCUT2D eigenvalue weighted by molar-refractivity contribution is 5.69. The fraction of sp³-hybridized carbons (Fsp3) is 0.733. The molecular weight excluding hydrogens is 352 g/mol. The standard InChI is InChI=1S/C15H26N2O9/c18-12(19)1-4-16(5-2-13(20)21)7-9-26-10-8-17(11-15(24)25)6-3-14(22)23/h1-11H2,(H,18,19)(H,20,21)(H,22,23)(H,24,25). The number of hydrogen-bond donors (Lipinski definition) is 4. The van der Waals surface area contributed by atoms with Crippen molar-refractivity contribution in [3.63, 3.8) is 0 Å². The summed E-state index contributed by atoms with van der Waals surface area (Å²) in [4.78, 5) is 45.7. The predicted molar refractivity (Wildman–Crippen MR) is 88.1 cm³/mol. The number of hydrogen-bond acceptors (Lipinski definition) is 7. The number of carboxylic acids is 4. The summed E-state index contributed by atoms with van der Waals surface area (Å²) in [5, 5.41) is 34.9. The van der Waals surface area contributed by atoms with Crippen molar-refractivity contribution >= 4 is 23.9 Å². The summed E-state index contributed by atoms with van der Waals surface area (Å²) in [6.07, 6.45) is -0.395. The Hall–Kier alpha value is -2.24. The van der Waals surface area contributed by atoms with Gasteiger partial charge in [0.2, 0.25) is 0 Å². The van der Waals surface area contributed by atoms with E-state index in [4.69, 9.17) is 25.2 Å². The predicted octanol–water partition coefficient (Wildman–Crippen LogP) is -0.884. The Bertz CT molecular complexity index is 452. The lowest BCUT2D eigenvalue weighted by atomic mass is 10.3. The molecule has 0 amide bonds. The highest BCUT2D eigenvalue weighted by Gasteiger charge is 2.12. The van der Waals surface area contributed by atoms with Crippen LogP contribution in [-0.2, 0) is 23.9 Å². The van der Waals surface area contributed by atoms with Gasteiger partial charge in [0.25, 0.3) is 0 Å². The van der Waals surface area contributed by atoms with Crippen LogP contribution in [-0.4, -0.2) is 107 Å². The van der Waals surface area contributed by atoms with Gasteiger partial charge in [-0.1, -0.05) is 0 Å². The highest BCUT2D eigenvalue weighted by Crippen LogP contribution is 1.97. The molecule has 0 radical (unpaired) electrons. The van der Waals surface area contributed by atoms with Crippen molar-refractivity contribution in [1.29, 1.82) is 0 Å². The lowest BCUT2D eigenvalue weighted by molar-refractivity contribution is -0.141. The smallest absolute Gasteiger partial charge is 0.317 e. The Kier molecular flexibility index (Phi) is 12.8. The van der Waals surface area contributed by atoms with E-state index in [0.717, 1.165) is 0 Å². The maximum absolute atomic E-state index is 10.8. The molecule has 0 saturated carbocycles. The zero-order chi connectivity index (χ0) is 19.9. The first-order valence-electron chi connectivity index (χ1n) is 8.10. The third kappa shape index (κ3) is 15.3. The van der Waals surface area contributed by atoms with E-state index < -0.39 is 23.9 Å². The van der Waals surface area contributed by atoms with E-state index in [2.05, 4.69) is 0 Å². The molecule has 11 heteroatoms. The van der Waals surface area contributed by atoms with Crippen molar-refractivity contribution in [2.75, 3.05) is 52.5 Å². The van der Waals surface area contributed by atoms with Crippen molar-refractivity contribution in [3.05, 3.63) is 0 Å². The second-order valence-corrected chi connectivity index (χ2v) is 5.56. The summed E-state index contributed by atoms with van der Waals surface area (Å²) in [5.74, 6) is -4.04. The number of carbonyl (C=O) groups is 4. The monoisotopic (exact) mass is 378 g/mol. The molecule has 0 unspecified atom stereocenters. The maximum Gasteiger partial charge on any atom is 0.317 e. The summed E-state index contributed by atoms with van der Waals surface area (Å²) in [6, 6.07) is 0. The van der Waals surface area contributed by atoms with Gasteiger partial charge in [0, 0.05) is 32.7 Å². The first kappa shape index (κ1) is 23.8. The molecule has 0 aromatic rings. The van der Waals surface area contributed by atoms with Crippen LogP contribution in [0.5, 0.6) is 0 Å². The number of nitrogens with zero attached hydrogens (tertiary/aromatic N) is 2. The van der Waals surface area contributed by atoms with Crippen LogP contribution in [0.2, 0.25) is 0 Å². The molecule has 0 bridgehead atoms. The lowest BCUT2D eigenvalue weighted by Crippen LogP contribution is -2.35. The largest absolute Gasteiger partial charge is 0.481 e. The zero-order valence-electron chi connectivity index (χ0n) is 14.5. The first-order chi connectivity index (χ1) is 12.2. The molecular formula is C15H26N2O9. The summed E-state index contributed by atoms with van der Waals surface area (Å²) in [6.45, 7) is 1.19. The van der Waals surface area contributed by atoms with Crippen LogP contribution in [0.1, 0.15) is 19.3 Å². The Morgan fingerprint density at radius 1 is 0.577 bits per heavy atom. The highest BCUT2D eigenvalue weighted by atomic mass is 16.5. The quantitative estimate of drug-likeness (QED) is 0.232. The third-order valence-electron chi connectivity index (χ3n) is 3.39. The van der Waals surface area contributed by atoms with E-state index >= 15 is 0 Å². The molecule has 0 aliphatic carbocycles. The van der Waals surface area contributed by atoms with Crippen LogP contribution in [0.3, 0.4) is 0 Å². The average molecular weight is 378 g/mol. The van der Waals surface area contributed by atoms with E-state index in [1.807, 2.05) is 0 Å². The summed E-state index contributed by atoms with van der Waals surface area (Å²) in [7, 11) is 0. The Balaban J connectivity index is 4.16. The van der Waals surface area contributed by atoms with E-state index in [0.29, 0.717) is 6.54 Å². The molecule has 26 heavy (non-hydrogen) atoms. The normalized spacial score (nSPS) is 11.0. The molecule has 0 heterocycles. The summed E-state index contributed by atoms with van der Waals surface area (Å²) in [5.41, 5.74) is 0. The molecule has 0 rings (SSSR count). The first-order valence-corrected chi connectivity index (χ1v) is 8.10. The van der Waals surface area contributed by atoms with Crippen molar-refractivity contribution in [3.8, 4) is 0 Å². The van der Waals surface area contributed by atoms with E-state index in [-0.39, 0.29) is 65.2 Å². The third-order valence-corrected chi connectivity index (χ3v) is 3.39. The molecule has 0 aromatic heterocycles. The van der Waals surface area contributed by atoms with Gasteiger partial charge < -0.3 is 25.2 Å². The maximum atomic E-state index is 10.8. The second kappa shape index (κ2) is 14.0. The van der Waals surface area contributed by atoms with Gasteiger partial charge in [0.15, 0.2) is 0 Å². The van der Waals surface area contributed by atoms with Crippen molar-refractivity contribution in [1.82, 2.24) is 9.80 Å². The number of carboxylic acid groups (broad SMARTS) is 4. The van der Waals surface area contributed by atoms with E-state index in [1.165, 1.54) is 4.90 Å². The second-order valence-electron chi connectivity index (χ2n) is 5.56. The van der Waals surface area contributed by atoms with Crippen LogP contribution in [0, 0.1) is 0 Å². The molecule has 0 atom stereocenters. The van der Waals surface area contributed by atoms with Gasteiger partial charge in [-0.05, 0) is 0 Å². The van der Waals surface area contributed by atoms with Crippen LogP contribution in [0.4, 0.5) is 0 Å². The average Bonchev–Trinajstić information content (AvgIpc) is 2.52. The molecule has 0 aliphatic heterocycles. The lowest BCUT2D eigenvalue weighted by Gasteiger charge is -2.22. The van der Waals surface area contributed by atoms with Crippen LogP contribution >= 0.6 is 0 Å². The van der Waals surface area contributed by atoms with E-state index in [9.17, 15) is 19.2 Å². The number of rotatable bonds is 17. The van der Waals surface area contributed by atoms with Gasteiger partial charge in [-0.3, -0.25) is 29.0 Å². The van der Waals surface area contributed by atoms with Gasteiger partial charge in [-0.15, -0.1) is 0 Å². The minimum absolute atomic E-state index is 0.0916. The van der Waals surface area contributed by atoms with Crippen LogP contribution in [0.15, 0.2) is 0 Å². The summed E-state index contributed by atoms with van der Waals surface area (Å²) < 4.78 is 5.38.